The van der Waals surface area contributed by atoms with Crippen molar-refractivity contribution in [2.75, 3.05) is 6.26 Å². The van der Waals surface area contributed by atoms with Gasteiger partial charge in [0.05, 0.1) is 5.02 Å². The van der Waals surface area contributed by atoms with Crippen molar-refractivity contribution in [3.8, 4) is 0 Å². The number of rotatable bonds is 3. The highest BCUT2D eigenvalue weighted by atomic mass is 35.5. The van der Waals surface area contributed by atoms with Gasteiger partial charge in [-0.05, 0) is 29.9 Å². The second-order valence-corrected chi connectivity index (χ2v) is 5.16. The van der Waals surface area contributed by atoms with Crippen LogP contribution in [-0.4, -0.2) is 21.6 Å². The second kappa shape index (κ2) is 4.95. The fraction of sp³-hybridized carbons (Fsp3) is 0.100. The number of hydrogen-bond acceptors (Lipinski definition) is 5. The number of ketones is 1. The van der Waals surface area contributed by atoms with E-state index in [4.69, 9.17) is 11.6 Å². The number of carbonyl (C=O) groups excluding carboxylic acids is 1. The molecule has 1 aromatic carbocycles. The molecule has 0 N–H and O–H groups in total. The molecule has 0 amide bonds. The molecule has 0 aliphatic carbocycles. The molecule has 6 heteroatoms. The van der Waals surface area contributed by atoms with Crippen molar-refractivity contribution >= 4 is 40.7 Å². The lowest BCUT2D eigenvalue weighted by atomic mass is 10.1. The fourth-order valence-electron chi connectivity index (χ4n) is 1.23. The van der Waals surface area contributed by atoms with Crippen molar-refractivity contribution < 1.29 is 4.79 Å². The van der Waals surface area contributed by atoms with Gasteiger partial charge in [0.25, 0.3) is 0 Å². The standard InChI is InChI=1S/C10H7ClN2OS2/c1-15-10-8(12-13-16-10)9(14)6-4-2-3-5-7(6)11/h2-5H,1H3. The quantitative estimate of drug-likeness (QED) is 0.635. The number of thioether (sulfide) groups is 1. The second-order valence-electron chi connectivity index (χ2n) is 2.92. The smallest absolute Gasteiger partial charge is 0.216 e. The maximum atomic E-state index is 12.1. The van der Waals surface area contributed by atoms with E-state index in [2.05, 4.69) is 9.59 Å². The van der Waals surface area contributed by atoms with Gasteiger partial charge in [-0.2, -0.15) is 0 Å². The number of halogens is 1. The van der Waals surface area contributed by atoms with Crippen molar-refractivity contribution in [1.29, 1.82) is 0 Å². The highest BCUT2D eigenvalue weighted by Gasteiger charge is 2.19. The molecule has 0 fully saturated rings. The molecule has 2 aromatic rings. The summed E-state index contributed by atoms with van der Waals surface area (Å²) in [5.74, 6) is -0.177. The zero-order chi connectivity index (χ0) is 11.5. The lowest BCUT2D eigenvalue weighted by molar-refractivity contribution is 0.103. The summed E-state index contributed by atoms with van der Waals surface area (Å²) in [6.45, 7) is 0. The summed E-state index contributed by atoms with van der Waals surface area (Å²) in [5.41, 5.74) is 0.845. The average molecular weight is 271 g/mol. The Morgan fingerprint density at radius 1 is 1.44 bits per heavy atom. The molecular weight excluding hydrogens is 264 g/mol. The summed E-state index contributed by atoms with van der Waals surface area (Å²) >= 11 is 8.64. The first-order valence-corrected chi connectivity index (χ1v) is 6.77. The van der Waals surface area contributed by atoms with Crippen LogP contribution in [0.25, 0.3) is 0 Å². The van der Waals surface area contributed by atoms with Gasteiger partial charge in [-0.1, -0.05) is 28.2 Å². The highest BCUT2D eigenvalue weighted by Crippen LogP contribution is 2.26. The normalized spacial score (nSPS) is 10.4. The molecule has 0 saturated carbocycles. The minimum absolute atomic E-state index is 0.177. The van der Waals surface area contributed by atoms with E-state index in [1.54, 1.807) is 24.3 Å². The number of aromatic nitrogens is 2. The van der Waals surface area contributed by atoms with Gasteiger partial charge in [0, 0.05) is 5.56 Å². The Balaban J connectivity index is 2.44. The molecule has 1 heterocycles. The van der Waals surface area contributed by atoms with Crippen LogP contribution in [-0.2, 0) is 0 Å². The Hall–Kier alpha value is -0.910. The number of benzene rings is 1. The Kier molecular flexibility index (Phi) is 3.58. The SMILES string of the molecule is CSc1snnc1C(=O)c1ccccc1Cl. The zero-order valence-electron chi connectivity index (χ0n) is 8.31. The van der Waals surface area contributed by atoms with E-state index in [0.717, 1.165) is 4.21 Å². The van der Waals surface area contributed by atoms with E-state index in [1.807, 2.05) is 6.26 Å². The molecule has 0 aliphatic rings. The summed E-state index contributed by atoms with van der Waals surface area (Å²) < 4.78 is 4.59. The van der Waals surface area contributed by atoms with Crippen molar-refractivity contribution in [3.63, 3.8) is 0 Å². The van der Waals surface area contributed by atoms with E-state index in [9.17, 15) is 4.79 Å². The molecule has 0 saturated heterocycles. The van der Waals surface area contributed by atoms with Crippen LogP contribution in [0.1, 0.15) is 16.1 Å². The van der Waals surface area contributed by atoms with Crippen molar-refractivity contribution in [1.82, 2.24) is 9.59 Å². The molecule has 3 nitrogen and oxygen atoms in total. The minimum atomic E-state index is -0.177. The molecule has 0 spiro atoms. The van der Waals surface area contributed by atoms with Crippen LogP contribution in [0.5, 0.6) is 0 Å². The molecule has 0 unspecified atom stereocenters. The molecule has 16 heavy (non-hydrogen) atoms. The Morgan fingerprint density at radius 3 is 2.88 bits per heavy atom. The summed E-state index contributed by atoms with van der Waals surface area (Å²) in [4.78, 5) is 12.1. The maximum Gasteiger partial charge on any atom is 0.216 e. The van der Waals surface area contributed by atoms with E-state index < -0.39 is 0 Å². The summed E-state index contributed by atoms with van der Waals surface area (Å²) in [7, 11) is 0. The topological polar surface area (TPSA) is 42.9 Å². The first kappa shape index (κ1) is 11.6. The van der Waals surface area contributed by atoms with Crippen molar-refractivity contribution in [2.24, 2.45) is 0 Å². The third-order valence-corrected chi connectivity index (χ3v) is 4.12. The van der Waals surface area contributed by atoms with Gasteiger partial charge >= 0.3 is 0 Å². The number of hydrogen-bond donors (Lipinski definition) is 0. The number of carbonyl (C=O) groups is 1. The van der Waals surface area contributed by atoms with E-state index in [0.29, 0.717) is 16.3 Å². The fourth-order valence-corrected chi connectivity index (χ4v) is 2.59. The molecule has 0 bridgehead atoms. The van der Waals surface area contributed by atoms with Crippen LogP contribution < -0.4 is 0 Å². The molecule has 2 rings (SSSR count). The summed E-state index contributed by atoms with van der Waals surface area (Å²) in [5, 5.41) is 4.28. The van der Waals surface area contributed by atoms with Gasteiger partial charge in [0.15, 0.2) is 5.69 Å². The van der Waals surface area contributed by atoms with Gasteiger partial charge in [0.1, 0.15) is 4.21 Å². The molecule has 0 radical (unpaired) electrons. The van der Waals surface area contributed by atoms with Gasteiger partial charge in [-0.25, -0.2) is 0 Å². The van der Waals surface area contributed by atoms with Gasteiger partial charge in [-0.15, -0.1) is 16.9 Å². The third-order valence-electron chi connectivity index (χ3n) is 1.98. The summed E-state index contributed by atoms with van der Waals surface area (Å²) in [6, 6.07) is 6.94. The lowest BCUT2D eigenvalue weighted by Crippen LogP contribution is -2.03. The Labute approximate surface area is 106 Å². The maximum absolute atomic E-state index is 12.1. The van der Waals surface area contributed by atoms with E-state index in [1.165, 1.54) is 23.3 Å². The molecular formula is C10H7ClN2OS2. The van der Waals surface area contributed by atoms with E-state index in [-0.39, 0.29) is 5.78 Å². The average Bonchev–Trinajstić information content (AvgIpc) is 2.77. The van der Waals surface area contributed by atoms with Crippen molar-refractivity contribution in [2.45, 2.75) is 4.21 Å². The number of nitrogens with zero attached hydrogens (tertiary/aromatic N) is 2. The lowest BCUT2D eigenvalue weighted by Gasteiger charge is -2.00. The van der Waals surface area contributed by atoms with Gasteiger partial charge in [-0.3, -0.25) is 4.79 Å². The predicted octanol–water partition coefficient (Wildman–Crippen LogP) is 3.14. The predicted molar refractivity (Wildman–Crippen MR) is 66.6 cm³/mol. The highest BCUT2D eigenvalue weighted by molar-refractivity contribution is 8.00. The van der Waals surface area contributed by atoms with Gasteiger partial charge in [0.2, 0.25) is 5.78 Å². The third kappa shape index (κ3) is 2.11. The first-order chi connectivity index (χ1) is 7.74. The molecule has 82 valence electrons. The largest absolute Gasteiger partial charge is 0.287 e. The monoisotopic (exact) mass is 270 g/mol. The Bertz CT molecular complexity index is 527. The zero-order valence-corrected chi connectivity index (χ0v) is 10.7. The van der Waals surface area contributed by atoms with Crippen LogP contribution in [0.15, 0.2) is 28.5 Å². The van der Waals surface area contributed by atoms with Gasteiger partial charge < -0.3 is 0 Å². The van der Waals surface area contributed by atoms with Crippen LogP contribution in [0.4, 0.5) is 0 Å². The van der Waals surface area contributed by atoms with Crippen LogP contribution >= 0.6 is 34.9 Å². The summed E-state index contributed by atoms with van der Waals surface area (Å²) in [6.07, 6.45) is 1.89. The first-order valence-electron chi connectivity index (χ1n) is 4.39. The minimum Gasteiger partial charge on any atom is -0.287 e. The Morgan fingerprint density at radius 2 is 2.19 bits per heavy atom. The van der Waals surface area contributed by atoms with Crippen molar-refractivity contribution in [3.05, 3.63) is 40.5 Å². The molecule has 0 atom stereocenters. The van der Waals surface area contributed by atoms with Crippen LogP contribution in [0, 0.1) is 0 Å². The molecule has 1 aromatic heterocycles. The van der Waals surface area contributed by atoms with Crippen LogP contribution in [0.3, 0.4) is 0 Å². The van der Waals surface area contributed by atoms with E-state index >= 15 is 0 Å². The molecule has 0 aliphatic heterocycles. The van der Waals surface area contributed by atoms with Crippen LogP contribution in [0.2, 0.25) is 5.02 Å².